The first-order valence-electron chi connectivity index (χ1n) is 7.07. The molecule has 120 valence electrons. The first kappa shape index (κ1) is 15.3. The molecule has 0 amide bonds. The highest BCUT2D eigenvalue weighted by atomic mass is 19.4. The number of nitrogens with zero attached hydrogens (tertiary/aromatic N) is 5. The minimum Gasteiger partial charge on any atom is -0.355 e. The maximum atomic E-state index is 12.9. The van der Waals surface area contributed by atoms with Gasteiger partial charge >= 0.3 is 6.18 Å². The van der Waals surface area contributed by atoms with E-state index in [0.29, 0.717) is 18.9 Å². The second kappa shape index (κ2) is 5.87. The number of piperidine rings is 1. The molecular weight excluding hydrogens is 309 g/mol. The lowest BCUT2D eigenvalue weighted by Crippen LogP contribution is -2.36. The Labute approximate surface area is 130 Å². The SMILES string of the molecule is N#Cc1ccc(C(F)(F)F)nc1N1CCC[C@@H](c2ncn[nH]2)C1. The summed E-state index contributed by atoms with van der Waals surface area (Å²) in [7, 11) is 0. The minimum absolute atomic E-state index is 0.0223. The maximum Gasteiger partial charge on any atom is 0.433 e. The molecule has 6 nitrogen and oxygen atoms in total. The van der Waals surface area contributed by atoms with Crippen molar-refractivity contribution in [1.29, 1.82) is 5.26 Å². The molecule has 0 aliphatic carbocycles. The van der Waals surface area contributed by atoms with Gasteiger partial charge in [0.1, 0.15) is 29.7 Å². The molecule has 3 heterocycles. The van der Waals surface area contributed by atoms with E-state index >= 15 is 0 Å². The Balaban J connectivity index is 1.92. The molecule has 1 fully saturated rings. The van der Waals surface area contributed by atoms with E-state index < -0.39 is 11.9 Å². The number of aromatic amines is 1. The molecular formula is C14H13F3N6. The molecule has 0 unspecified atom stereocenters. The van der Waals surface area contributed by atoms with Crippen LogP contribution in [-0.2, 0) is 6.18 Å². The summed E-state index contributed by atoms with van der Waals surface area (Å²) in [6, 6.07) is 3.92. The third-order valence-electron chi connectivity index (χ3n) is 3.83. The second-order valence-electron chi connectivity index (χ2n) is 5.33. The summed E-state index contributed by atoms with van der Waals surface area (Å²) in [5.41, 5.74) is -0.857. The Kier molecular flexibility index (Phi) is 3.90. The molecule has 1 N–H and O–H groups in total. The average Bonchev–Trinajstić information content (AvgIpc) is 3.08. The van der Waals surface area contributed by atoms with E-state index in [1.807, 2.05) is 6.07 Å². The van der Waals surface area contributed by atoms with Crippen LogP contribution in [0, 0.1) is 11.3 Å². The third-order valence-corrected chi connectivity index (χ3v) is 3.83. The molecule has 1 aliphatic rings. The van der Waals surface area contributed by atoms with Gasteiger partial charge in [0, 0.05) is 19.0 Å². The number of rotatable bonds is 2. The van der Waals surface area contributed by atoms with E-state index in [0.717, 1.165) is 18.9 Å². The molecule has 3 rings (SSSR count). The second-order valence-corrected chi connectivity index (χ2v) is 5.33. The number of nitrogens with one attached hydrogen (secondary N) is 1. The van der Waals surface area contributed by atoms with E-state index in [1.54, 1.807) is 4.90 Å². The largest absolute Gasteiger partial charge is 0.433 e. The van der Waals surface area contributed by atoms with Gasteiger partial charge in [-0.25, -0.2) is 9.97 Å². The normalized spacial score (nSPS) is 18.7. The lowest BCUT2D eigenvalue weighted by molar-refractivity contribution is -0.141. The molecule has 0 bridgehead atoms. The van der Waals surface area contributed by atoms with Crippen LogP contribution in [0.4, 0.5) is 19.0 Å². The highest BCUT2D eigenvalue weighted by Gasteiger charge is 2.34. The number of hydrogen-bond donors (Lipinski definition) is 1. The van der Waals surface area contributed by atoms with Gasteiger partial charge in [-0.2, -0.15) is 23.5 Å². The van der Waals surface area contributed by atoms with Crippen LogP contribution in [-0.4, -0.2) is 33.3 Å². The van der Waals surface area contributed by atoms with Gasteiger partial charge in [0.2, 0.25) is 0 Å². The lowest BCUT2D eigenvalue weighted by Gasteiger charge is -2.33. The zero-order valence-electron chi connectivity index (χ0n) is 12.0. The Hall–Kier alpha value is -2.63. The number of H-pyrrole nitrogens is 1. The molecule has 1 saturated heterocycles. The summed E-state index contributed by atoms with van der Waals surface area (Å²) in [6.45, 7) is 0.992. The summed E-state index contributed by atoms with van der Waals surface area (Å²) in [5.74, 6) is 0.792. The van der Waals surface area contributed by atoms with Gasteiger partial charge in [0.25, 0.3) is 0 Å². The zero-order chi connectivity index (χ0) is 16.4. The van der Waals surface area contributed by atoms with Crippen molar-refractivity contribution in [3.63, 3.8) is 0 Å². The maximum absolute atomic E-state index is 12.9. The Morgan fingerprint density at radius 2 is 2.17 bits per heavy atom. The topological polar surface area (TPSA) is 81.5 Å². The summed E-state index contributed by atoms with van der Waals surface area (Å²) < 4.78 is 38.7. The van der Waals surface area contributed by atoms with Crippen LogP contribution >= 0.6 is 0 Å². The number of halogens is 3. The quantitative estimate of drug-likeness (QED) is 0.918. The van der Waals surface area contributed by atoms with E-state index in [-0.39, 0.29) is 17.3 Å². The Bertz CT molecular complexity index is 719. The van der Waals surface area contributed by atoms with Crippen LogP contribution in [0.2, 0.25) is 0 Å². The third kappa shape index (κ3) is 3.11. The highest BCUT2D eigenvalue weighted by molar-refractivity contribution is 5.55. The summed E-state index contributed by atoms with van der Waals surface area (Å²) in [6.07, 6.45) is -1.51. The van der Waals surface area contributed by atoms with Crippen LogP contribution in [0.3, 0.4) is 0 Å². The fraction of sp³-hybridized carbons (Fsp3) is 0.429. The molecule has 0 radical (unpaired) electrons. The van der Waals surface area contributed by atoms with Crippen molar-refractivity contribution >= 4 is 5.82 Å². The van der Waals surface area contributed by atoms with E-state index in [1.165, 1.54) is 12.4 Å². The van der Waals surface area contributed by atoms with Crippen molar-refractivity contribution < 1.29 is 13.2 Å². The van der Waals surface area contributed by atoms with Gasteiger partial charge in [-0.15, -0.1) is 0 Å². The average molecular weight is 322 g/mol. The number of pyridine rings is 1. The molecule has 23 heavy (non-hydrogen) atoms. The Morgan fingerprint density at radius 3 is 2.83 bits per heavy atom. The molecule has 9 heteroatoms. The summed E-state index contributed by atoms with van der Waals surface area (Å²) in [5, 5.41) is 15.8. The highest BCUT2D eigenvalue weighted by Crippen LogP contribution is 2.33. The van der Waals surface area contributed by atoms with E-state index in [2.05, 4.69) is 20.2 Å². The van der Waals surface area contributed by atoms with Crippen LogP contribution in [0.5, 0.6) is 0 Å². The number of anilines is 1. The van der Waals surface area contributed by atoms with Gasteiger partial charge in [-0.05, 0) is 25.0 Å². The number of nitriles is 1. The minimum atomic E-state index is -4.54. The summed E-state index contributed by atoms with van der Waals surface area (Å²) in [4.78, 5) is 9.51. The fourth-order valence-corrected chi connectivity index (χ4v) is 2.74. The van der Waals surface area contributed by atoms with Crippen molar-refractivity contribution in [2.75, 3.05) is 18.0 Å². The Morgan fingerprint density at radius 1 is 1.35 bits per heavy atom. The van der Waals surface area contributed by atoms with Gasteiger partial charge in [-0.1, -0.05) is 0 Å². The lowest BCUT2D eigenvalue weighted by atomic mass is 9.97. The summed E-state index contributed by atoms with van der Waals surface area (Å²) >= 11 is 0. The van der Waals surface area contributed by atoms with Crippen LogP contribution in [0.1, 0.15) is 35.8 Å². The molecule has 2 aromatic rings. The van der Waals surface area contributed by atoms with Crippen molar-refractivity contribution in [2.45, 2.75) is 24.9 Å². The van der Waals surface area contributed by atoms with E-state index in [4.69, 9.17) is 5.26 Å². The van der Waals surface area contributed by atoms with Crippen molar-refractivity contribution in [1.82, 2.24) is 20.2 Å². The fourth-order valence-electron chi connectivity index (χ4n) is 2.74. The first-order chi connectivity index (χ1) is 11.0. The molecule has 1 atom stereocenters. The van der Waals surface area contributed by atoms with Crippen molar-refractivity contribution in [3.8, 4) is 6.07 Å². The smallest absolute Gasteiger partial charge is 0.355 e. The molecule has 0 spiro atoms. The molecule has 1 aliphatic heterocycles. The predicted octanol–water partition coefficient (Wildman–Crippen LogP) is 2.47. The van der Waals surface area contributed by atoms with Gasteiger partial charge in [-0.3, -0.25) is 5.10 Å². The van der Waals surface area contributed by atoms with Gasteiger partial charge in [0.15, 0.2) is 0 Å². The van der Waals surface area contributed by atoms with E-state index in [9.17, 15) is 13.2 Å². The zero-order valence-corrected chi connectivity index (χ0v) is 12.0. The van der Waals surface area contributed by atoms with Gasteiger partial charge in [0.05, 0.1) is 5.56 Å². The van der Waals surface area contributed by atoms with Gasteiger partial charge < -0.3 is 4.90 Å². The van der Waals surface area contributed by atoms with Crippen LogP contribution < -0.4 is 4.90 Å². The molecule has 2 aromatic heterocycles. The van der Waals surface area contributed by atoms with Crippen LogP contribution in [0.25, 0.3) is 0 Å². The standard InChI is InChI=1S/C14H13F3N6/c15-14(16,17)11-4-3-9(6-18)13(21-11)23-5-1-2-10(7-23)12-19-8-20-22-12/h3-4,8,10H,1-2,5,7H2,(H,19,20,22)/t10-/m1/s1. The van der Waals surface area contributed by atoms with Crippen LogP contribution in [0.15, 0.2) is 18.5 Å². The predicted molar refractivity (Wildman–Crippen MR) is 74.5 cm³/mol. The number of hydrogen-bond acceptors (Lipinski definition) is 5. The monoisotopic (exact) mass is 322 g/mol. The number of alkyl halides is 3. The molecule has 0 aromatic carbocycles. The first-order valence-corrected chi connectivity index (χ1v) is 7.07. The number of aromatic nitrogens is 4. The van der Waals surface area contributed by atoms with Crippen molar-refractivity contribution in [2.24, 2.45) is 0 Å². The molecule has 0 saturated carbocycles. The van der Waals surface area contributed by atoms with Crippen molar-refractivity contribution in [3.05, 3.63) is 35.5 Å².